The van der Waals surface area contributed by atoms with Gasteiger partial charge in [0.15, 0.2) is 0 Å². The lowest BCUT2D eigenvalue weighted by Crippen LogP contribution is -1.79. The zero-order valence-electron chi connectivity index (χ0n) is 7.41. The first-order chi connectivity index (χ1) is 4.66. The fraction of sp³-hybridized carbons (Fsp3) is 0.600. The topological polar surface area (TPSA) is 0 Å². The molecule has 0 aromatic heterocycles. The average Bonchev–Trinajstić information content (AvgIpc) is 1.87. The number of hydrogen-bond acceptors (Lipinski definition) is 0. The summed E-state index contributed by atoms with van der Waals surface area (Å²) in [7, 11) is 0. The second-order valence-corrected chi connectivity index (χ2v) is 2.95. The Labute approximate surface area is 64.6 Å². The van der Waals surface area contributed by atoms with Gasteiger partial charge in [0.1, 0.15) is 0 Å². The first-order valence-electron chi connectivity index (χ1n) is 3.93. The van der Waals surface area contributed by atoms with Gasteiger partial charge in [0, 0.05) is 0 Å². The van der Waals surface area contributed by atoms with Gasteiger partial charge in [-0.1, -0.05) is 17.2 Å². The smallest absolute Gasteiger partial charge is 0.0320 e. The standard InChI is InChI=1S/C10H18/c1-5-10(4)8-6-7-9(2)3/h5H,2,6-8H2,1,3-4H3. The molecule has 0 aromatic carbocycles. The second kappa shape index (κ2) is 5.28. The largest absolute Gasteiger partial charge is 0.100 e. The van der Waals surface area contributed by atoms with Crippen LogP contribution in [0.1, 0.15) is 40.0 Å². The number of rotatable bonds is 4. The number of allylic oxidation sites excluding steroid dienone is 3. The summed E-state index contributed by atoms with van der Waals surface area (Å²) >= 11 is 0. The van der Waals surface area contributed by atoms with Crippen LogP contribution in [0.5, 0.6) is 0 Å². The zero-order chi connectivity index (χ0) is 7.98. The van der Waals surface area contributed by atoms with Crippen molar-refractivity contribution in [1.29, 1.82) is 0 Å². The van der Waals surface area contributed by atoms with Crippen molar-refractivity contribution in [3.05, 3.63) is 23.8 Å². The highest BCUT2D eigenvalue weighted by molar-refractivity contribution is 4.97. The third-order valence-electron chi connectivity index (χ3n) is 1.67. The summed E-state index contributed by atoms with van der Waals surface area (Å²) in [5, 5.41) is 0. The molecule has 0 aliphatic carbocycles. The minimum Gasteiger partial charge on any atom is -0.100 e. The zero-order valence-corrected chi connectivity index (χ0v) is 7.41. The predicted octanol–water partition coefficient (Wildman–Crippen LogP) is 3.70. The summed E-state index contributed by atoms with van der Waals surface area (Å²) in [6.45, 7) is 10.2. The van der Waals surface area contributed by atoms with E-state index in [0.717, 1.165) is 0 Å². The molecular weight excluding hydrogens is 120 g/mol. The number of hydrogen-bond donors (Lipinski definition) is 0. The average molecular weight is 138 g/mol. The fourth-order valence-corrected chi connectivity index (χ4v) is 0.813. The highest BCUT2D eigenvalue weighted by Gasteiger charge is 1.89. The Morgan fingerprint density at radius 3 is 2.30 bits per heavy atom. The lowest BCUT2D eigenvalue weighted by atomic mass is 10.1. The molecule has 10 heavy (non-hydrogen) atoms. The molecule has 0 N–H and O–H groups in total. The molecule has 0 aromatic rings. The Kier molecular flexibility index (Phi) is 5.00. The monoisotopic (exact) mass is 138 g/mol. The molecule has 0 aliphatic heterocycles. The van der Waals surface area contributed by atoms with Crippen LogP contribution in [0, 0.1) is 0 Å². The Balaban J connectivity index is 3.29. The Bertz CT molecular complexity index is 129. The summed E-state index contributed by atoms with van der Waals surface area (Å²) in [5.41, 5.74) is 2.78. The molecule has 0 atom stereocenters. The van der Waals surface area contributed by atoms with Crippen molar-refractivity contribution in [2.45, 2.75) is 40.0 Å². The molecule has 0 fully saturated rings. The molecule has 0 radical (unpaired) electrons. The van der Waals surface area contributed by atoms with Gasteiger partial charge in [0.25, 0.3) is 0 Å². The Hall–Kier alpha value is -0.520. The van der Waals surface area contributed by atoms with Crippen molar-refractivity contribution in [2.24, 2.45) is 0 Å². The molecule has 0 aliphatic rings. The van der Waals surface area contributed by atoms with Gasteiger partial charge in [-0.25, -0.2) is 0 Å². The van der Waals surface area contributed by atoms with Crippen molar-refractivity contribution in [3.8, 4) is 0 Å². The molecular formula is C10H18. The van der Waals surface area contributed by atoms with Gasteiger partial charge < -0.3 is 0 Å². The van der Waals surface area contributed by atoms with Crippen LogP contribution in [0.15, 0.2) is 23.8 Å². The van der Waals surface area contributed by atoms with Gasteiger partial charge in [-0.05, 0) is 40.0 Å². The maximum absolute atomic E-state index is 3.86. The normalized spacial score (nSPS) is 11.7. The molecule has 0 rings (SSSR count). The molecule has 0 saturated heterocycles. The molecule has 0 saturated carbocycles. The van der Waals surface area contributed by atoms with Crippen molar-refractivity contribution >= 4 is 0 Å². The highest BCUT2D eigenvalue weighted by atomic mass is 14.0. The maximum Gasteiger partial charge on any atom is -0.0320 e. The minimum atomic E-state index is 1.17. The molecule has 0 unspecified atom stereocenters. The van der Waals surface area contributed by atoms with E-state index in [1.165, 1.54) is 30.4 Å². The van der Waals surface area contributed by atoms with Gasteiger partial charge in [-0.3, -0.25) is 0 Å². The first kappa shape index (κ1) is 9.48. The molecule has 0 heteroatoms. The lowest BCUT2D eigenvalue weighted by molar-refractivity contribution is 0.804. The summed E-state index contributed by atoms with van der Waals surface area (Å²) in [4.78, 5) is 0. The second-order valence-electron chi connectivity index (χ2n) is 2.95. The van der Waals surface area contributed by atoms with Crippen LogP contribution in [-0.2, 0) is 0 Å². The molecule has 58 valence electrons. The molecule has 0 spiro atoms. The minimum absolute atomic E-state index is 1.17. The van der Waals surface area contributed by atoms with Crippen molar-refractivity contribution < 1.29 is 0 Å². The van der Waals surface area contributed by atoms with E-state index in [4.69, 9.17) is 0 Å². The van der Waals surface area contributed by atoms with E-state index in [-0.39, 0.29) is 0 Å². The van der Waals surface area contributed by atoms with Gasteiger partial charge in [-0.15, -0.1) is 6.58 Å². The maximum atomic E-state index is 3.86. The Morgan fingerprint density at radius 1 is 1.30 bits per heavy atom. The van der Waals surface area contributed by atoms with E-state index in [9.17, 15) is 0 Å². The van der Waals surface area contributed by atoms with Crippen molar-refractivity contribution in [2.75, 3.05) is 0 Å². The quantitative estimate of drug-likeness (QED) is 0.520. The van der Waals surface area contributed by atoms with Crippen LogP contribution >= 0.6 is 0 Å². The van der Waals surface area contributed by atoms with Gasteiger partial charge >= 0.3 is 0 Å². The van der Waals surface area contributed by atoms with Crippen LogP contribution in [0.25, 0.3) is 0 Å². The third kappa shape index (κ3) is 5.61. The van der Waals surface area contributed by atoms with Crippen LogP contribution in [0.4, 0.5) is 0 Å². The fourth-order valence-electron chi connectivity index (χ4n) is 0.813. The van der Waals surface area contributed by atoms with Gasteiger partial charge in [-0.2, -0.15) is 0 Å². The van der Waals surface area contributed by atoms with Gasteiger partial charge in [0.2, 0.25) is 0 Å². The molecule has 0 amide bonds. The highest BCUT2D eigenvalue weighted by Crippen LogP contribution is 2.09. The van der Waals surface area contributed by atoms with E-state index in [1.807, 2.05) is 0 Å². The van der Waals surface area contributed by atoms with Crippen LogP contribution < -0.4 is 0 Å². The van der Waals surface area contributed by atoms with E-state index >= 15 is 0 Å². The van der Waals surface area contributed by atoms with E-state index in [1.54, 1.807) is 0 Å². The van der Waals surface area contributed by atoms with Crippen molar-refractivity contribution in [1.82, 2.24) is 0 Å². The predicted molar refractivity (Wildman–Crippen MR) is 48.1 cm³/mol. The lowest BCUT2D eigenvalue weighted by Gasteiger charge is -1.99. The summed E-state index contributed by atoms with van der Waals surface area (Å²) in [6.07, 6.45) is 5.83. The van der Waals surface area contributed by atoms with Crippen LogP contribution in [0.3, 0.4) is 0 Å². The molecule has 0 bridgehead atoms. The van der Waals surface area contributed by atoms with Crippen LogP contribution in [-0.4, -0.2) is 0 Å². The third-order valence-corrected chi connectivity index (χ3v) is 1.67. The van der Waals surface area contributed by atoms with Crippen LogP contribution in [0.2, 0.25) is 0 Å². The summed E-state index contributed by atoms with van der Waals surface area (Å²) in [6, 6.07) is 0. The SMILES string of the molecule is C=C(C)CCCC(C)=CC. The summed E-state index contributed by atoms with van der Waals surface area (Å²) in [5.74, 6) is 0. The van der Waals surface area contributed by atoms with Gasteiger partial charge in [0.05, 0.1) is 0 Å². The first-order valence-corrected chi connectivity index (χ1v) is 3.93. The van der Waals surface area contributed by atoms with E-state index in [0.29, 0.717) is 0 Å². The molecule has 0 heterocycles. The summed E-state index contributed by atoms with van der Waals surface area (Å²) < 4.78 is 0. The van der Waals surface area contributed by atoms with Crippen molar-refractivity contribution in [3.63, 3.8) is 0 Å². The van der Waals surface area contributed by atoms with E-state index < -0.39 is 0 Å². The Morgan fingerprint density at radius 2 is 1.90 bits per heavy atom. The van der Waals surface area contributed by atoms with E-state index in [2.05, 4.69) is 33.4 Å². The molecule has 0 nitrogen and oxygen atoms in total.